The molecule has 1 aromatic rings. The molecule has 1 amide bonds. The van der Waals surface area contributed by atoms with Crippen molar-refractivity contribution in [1.29, 1.82) is 0 Å². The van der Waals surface area contributed by atoms with Gasteiger partial charge in [0.1, 0.15) is 5.78 Å². The van der Waals surface area contributed by atoms with Gasteiger partial charge >= 0.3 is 0 Å². The Morgan fingerprint density at radius 3 is 2.29 bits per heavy atom. The summed E-state index contributed by atoms with van der Waals surface area (Å²) in [7, 11) is -3.69. The van der Waals surface area contributed by atoms with Crippen LogP contribution in [0.4, 0.5) is 0 Å². The van der Waals surface area contributed by atoms with Crippen molar-refractivity contribution in [2.24, 2.45) is 11.1 Å². The lowest BCUT2D eigenvalue weighted by molar-refractivity contribution is -0.128. The molecule has 0 aliphatic heterocycles. The van der Waals surface area contributed by atoms with Gasteiger partial charge in [-0.05, 0) is 30.5 Å². The number of hydrogen-bond donors (Lipinski definition) is 2. The molecule has 0 atom stereocenters. The average molecular weight is 310 g/mol. The third-order valence-corrected chi connectivity index (χ3v) is 4.56. The van der Waals surface area contributed by atoms with Gasteiger partial charge in [-0.2, -0.15) is 0 Å². The zero-order chi connectivity index (χ0) is 15.5. The van der Waals surface area contributed by atoms with Gasteiger partial charge in [-0.1, -0.05) is 12.1 Å². The Balaban J connectivity index is 1.88. The SMILES string of the molecule is NS(=O)(=O)c1ccc(CNC(=O)C2CCC(=O)CC2)cc1. The molecule has 0 radical (unpaired) electrons. The van der Waals surface area contributed by atoms with Crippen LogP contribution in [0.2, 0.25) is 0 Å². The first-order valence-corrected chi connectivity index (χ1v) is 8.32. The van der Waals surface area contributed by atoms with Gasteiger partial charge in [0, 0.05) is 25.3 Å². The highest BCUT2D eigenvalue weighted by Gasteiger charge is 2.24. The number of nitrogens with one attached hydrogen (secondary N) is 1. The van der Waals surface area contributed by atoms with Crippen molar-refractivity contribution < 1.29 is 18.0 Å². The second kappa shape index (κ2) is 6.36. The second-order valence-electron chi connectivity index (χ2n) is 5.22. The molecule has 1 saturated carbocycles. The number of rotatable bonds is 4. The first-order chi connectivity index (χ1) is 9.86. The van der Waals surface area contributed by atoms with Crippen molar-refractivity contribution in [3.8, 4) is 0 Å². The van der Waals surface area contributed by atoms with Gasteiger partial charge in [-0.25, -0.2) is 13.6 Å². The fraction of sp³-hybridized carbons (Fsp3) is 0.429. The van der Waals surface area contributed by atoms with Crippen LogP contribution in [-0.4, -0.2) is 20.1 Å². The van der Waals surface area contributed by atoms with E-state index in [-0.39, 0.29) is 22.5 Å². The molecule has 3 N–H and O–H groups in total. The highest BCUT2D eigenvalue weighted by atomic mass is 32.2. The summed E-state index contributed by atoms with van der Waals surface area (Å²) in [5, 5.41) is 7.82. The Hall–Kier alpha value is -1.73. The van der Waals surface area contributed by atoms with E-state index < -0.39 is 10.0 Å². The van der Waals surface area contributed by atoms with E-state index in [1.165, 1.54) is 12.1 Å². The minimum absolute atomic E-state index is 0.0448. The van der Waals surface area contributed by atoms with Crippen LogP contribution in [-0.2, 0) is 26.2 Å². The fourth-order valence-electron chi connectivity index (χ4n) is 2.33. The highest BCUT2D eigenvalue weighted by Crippen LogP contribution is 2.21. The molecule has 1 fully saturated rings. The summed E-state index contributed by atoms with van der Waals surface area (Å²) in [6.07, 6.45) is 2.16. The Morgan fingerprint density at radius 2 is 1.76 bits per heavy atom. The third kappa shape index (κ3) is 4.37. The summed E-state index contributed by atoms with van der Waals surface area (Å²) in [5.74, 6) is 0.0575. The molecular weight excluding hydrogens is 292 g/mol. The molecule has 21 heavy (non-hydrogen) atoms. The van der Waals surface area contributed by atoms with Gasteiger partial charge in [-0.15, -0.1) is 0 Å². The number of hydrogen-bond acceptors (Lipinski definition) is 4. The van der Waals surface area contributed by atoms with E-state index in [4.69, 9.17) is 5.14 Å². The predicted octanol–water partition coefficient (Wildman–Crippen LogP) is 0.709. The van der Waals surface area contributed by atoms with E-state index in [1.807, 2.05) is 0 Å². The molecule has 1 aliphatic carbocycles. The summed E-state index contributed by atoms with van der Waals surface area (Å²) in [5.41, 5.74) is 0.794. The molecule has 6 nitrogen and oxygen atoms in total. The zero-order valence-corrected chi connectivity index (χ0v) is 12.4. The van der Waals surface area contributed by atoms with Crippen LogP contribution >= 0.6 is 0 Å². The molecule has 2 rings (SSSR count). The largest absolute Gasteiger partial charge is 0.352 e. The summed E-state index contributed by atoms with van der Waals surface area (Å²) < 4.78 is 22.2. The van der Waals surface area contributed by atoms with E-state index >= 15 is 0 Å². The van der Waals surface area contributed by atoms with Gasteiger partial charge < -0.3 is 5.32 Å². The third-order valence-electron chi connectivity index (χ3n) is 3.63. The maximum absolute atomic E-state index is 12.0. The number of Topliss-reactive ketones (excluding diaryl/α,β-unsaturated/α-hetero) is 1. The first-order valence-electron chi connectivity index (χ1n) is 6.77. The van der Waals surface area contributed by atoms with E-state index in [0.717, 1.165) is 5.56 Å². The molecule has 0 bridgehead atoms. The molecule has 0 spiro atoms. The number of carbonyl (C=O) groups is 2. The van der Waals surface area contributed by atoms with Crippen LogP contribution in [0, 0.1) is 5.92 Å². The Morgan fingerprint density at radius 1 is 1.19 bits per heavy atom. The number of amides is 1. The number of sulfonamides is 1. The van der Waals surface area contributed by atoms with Crippen molar-refractivity contribution in [3.05, 3.63) is 29.8 Å². The van der Waals surface area contributed by atoms with E-state index in [9.17, 15) is 18.0 Å². The predicted molar refractivity (Wildman–Crippen MR) is 76.6 cm³/mol. The molecule has 0 aromatic heterocycles. The quantitative estimate of drug-likeness (QED) is 0.854. The van der Waals surface area contributed by atoms with Gasteiger partial charge in [0.15, 0.2) is 0 Å². The molecular formula is C14H18N2O4S. The van der Waals surface area contributed by atoms with Crippen LogP contribution in [0.3, 0.4) is 0 Å². The van der Waals surface area contributed by atoms with Crippen molar-refractivity contribution in [2.75, 3.05) is 0 Å². The zero-order valence-electron chi connectivity index (χ0n) is 11.5. The van der Waals surface area contributed by atoms with Crippen molar-refractivity contribution in [1.82, 2.24) is 5.32 Å². The first kappa shape index (κ1) is 15.7. The average Bonchev–Trinajstić information content (AvgIpc) is 2.45. The molecule has 7 heteroatoms. The van der Waals surface area contributed by atoms with Crippen LogP contribution in [0.1, 0.15) is 31.2 Å². The molecule has 0 saturated heterocycles. The lowest BCUT2D eigenvalue weighted by Crippen LogP contribution is -2.32. The normalized spacial score (nSPS) is 16.7. The molecule has 0 unspecified atom stereocenters. The van der Waals surface area contributed by atoms with Crippen molar-refractivity contribution >= 4 is 21.7 Å². The molecule has 0 heterocycles. The summed E-state index contributed by atoms with van der Waals surface area (Å²) in [4.78, 5) is 23.1. The number of primary sulfonamides is 1. The maximum atomic E-state index is 12.0. The summed E-state index contributed by atoms with van der Waals surface area (Å²) in [6.45, 7) is 0.328. The summed E-state index contributed by atoms with van der Waals surface area (Å²) >= 11 is 0. The van der Waals surface area contributed by atoms with Crippen LogP contribution in [0.15, 0.2) is 29.2 Å². The summed E-state index contributed by atoms with van der Waals surface area (Å²) in [6, 6.07) is 6.06. The van der Waals surface area contributed by atoms with E-state index in [0.29, 0.717) is 32.2 Å². The molecule has 114 valence electrons. The van der Waals surface area contributed by atoms with Crippen LogP contribution in [0.5, 0.6) is 0 Å². The fourth-order valence-corrected chi connectivity index (χ4v) is 2.85. The number of ketones is 1. The minimum Gasteiger partial charge on any atom is -0.352 e. The second-order valence-corrected chi connectivity index (χ2v) is 6.78. The van der Waals surface area contributed by atoms with Gasteiger partial charge in [0.05, 0.1) is 4.90 Å². The smallest absolute Gasteiger partial charge is 0.238 e. The monoisotopic (exact) mass is 310 g/mol. The standard InChI is InChI=1S/C14H18N2O4S/c15-21(19,20)13-7-1-10(2-8-13)9-16-14(18)11-3-5-12(17)6-4-11/h1-2,7-8,11H,3-6,9H2,(H,16,18)(H2,15,19,20). The van der Waals surface area contributed by atoms with Gasteiger partial charge in [0.2, 0.25) is 15.9 Å². The van der Waals surface area contributed by atoms with Gasteiger partial charge in [-0.3, -0.25) is 9.59 Å². The highest BCUT2D eigenvalue weighted by molar-refractivity contribution is 7.89. The topological polar surface area (TPSA) is 106 Å². The number of benzene rings is 1. The van der Waals surface area contributed by atoms with Crippen molar-refractivity contribution in [2.45, 2.75) is 37.1 Å². The van der Waals surface area contributed by atoms with Crippen LogP contribution in [0.25, 0.3) is 0 Å². The van der Waals surface area contributed by atoms with E-state index in [2.05, 4.69) is 5.32 Å². The van der Waals surface area contributed by atoms with Crippen molar-refractivity contribution in [3.63, 3.8) is 0 Å². The van der Waals surface area contributed by atoms with Gasteiger partial charge in [0.25, 0.3) is 0 Å². The Kier molecular flexibility index (Phi) is 4.74. The minimum atomic E-state index is -3.69. The maximum Gasteiger partial charge on any atom is 0.238 e. The Bertz CT molecular complexity index is 627. The van der Waals surface area contributed by atoms with E-state index in [1.54, 1.807) is 12.1 Å². The molecule has 1 aromatic carbocycles. The molecule has 1 aliphatic rings. The lowest BCUT2D eigenvalue weighted by atomic mass is 9.88. The Labute approximate surface area is 123 Å². The number of carbonyl (C=O) groups excluding carboxylic acids is 2. The van der Waals surface area contributed by atoms with Crippen LogP contribution < -0.4 is 10.5 Å². The lowest BCUT2D eigenvalue weighted by Gasteiger charge is -2.20. The number of nitrogens with two attached hydrogens (primary N) is 1.